The number of nitro benzene ring substituents is 1. The van der Waals surface area contributed by atoms with E-state index in [1.54, 1.807) is 13.0 Å². The summed E-state index contributed by atoms with van der Waals surface area (Å²) < 4.78 is 0. The second kappa shape index (κ2) is 6.01. The number of hydrogen-bond acceptors (Lipinski definition) is 5. The monoisotopic (exact) mass is 305 g/mol. The number of aryl methyl sites for hydroxylation is 2. The first-order valence-corrected chi connectivity index (χ1v) is 7.17. The predicted octanol–water partition coefficient (Wildman–Crippen LogP) is 2.91. The van der Waals surface area contributed by atoms with Crippen LogP contribution in [0.5, 0.6) is 0 Å². The average molecular weight is 305 g/mol. The summed E-state index contributed by atoms with van der Waals surface area (Å²) in [5.74, 6) is -0.318. The maximum absolute atomic E-state index is 12.2. The number of hydrogen-bond donors (Lipinski definition) is 1. The van der Waals surface area contributed by atoms with Crippen LogP contribution >= 0.6 is 11.3 Å². The average Bonchev–Trinajstić information content (AvgIpc) is 2.74. The quantitative estimate of drug-likeness (QED) is 0.695. The molecule has 0 radical (unpaired) electrons. The molecule has 0 aliphatic carbocycles. The zero-order chi connectivity index (χ0) is 15.6. The van der Waals surface area contributed by atoms with Gasteiger partial charge in [0, 0.05) is 22.1 Å². The molecular formula is C14H15N3O3S. The second-order valence-electron chi connectivity index (χ2n) is 4.63. The van der Waals surface area contributed by atoms with Gasteiger partial charge in [-0.15, -0.1) is 11.3 Å². The summed E-state index contributed by atoms with van der Waals surface area (Å²) in [5.41, 5.74) is 1.54. The zero-order valence-corrected chi connectivity index (χ0v) is 12.8. The number of nitro groups is 1. The maximum Gasteiger partial charge on any atom is 0.273 e. The minimum absolute atomic E-state index is 0.0486. The van der Waals surface area contributed by atoms with Crippen molar-refractivity contribution in [1.29, 1.82) is 0 Å². The Bertz CT molecular complexity index is 709. The molecule has 0 saturated carbocycles. The summed E-state index contributed by atoms with van der Waals surface area (Å²) in [6, 6.07) is 4.49. The number of rotatable bonds is 4. The number of thiazole rings is 1. The molecule has 1 heterocycles. The highest BCUT2D eigenvalue weighted by Gasteiger charge is 2.18. The number of carbonyl (C=O) groups is 1. The Balaban J connectivity index is 2.16. The Morgan fingerprint density at radius 1 is 1.38 bits per heavy atom. The molecule has 0 aliphatic heterocycles. The third kappa shape index (κ3) is 3.25. The van der Waals surface area contributed by atoms with Crippen molar-refractivity contribution in [2.45, 2.75) is 27.3 Å². The van der Waals surface area contributed by atoms with Gasteiger partial charge in [-0.1, -0.05) is 6.07 Å². The topological polar surface area (TPSA) is 85.1 Å². The molecule has 6 nitrogen and oxygen atoms in total. The lowest BCUT2D eigenvalue weighted by atomic mass is 10.1. The molecule has 21 heavy (non-hydrogen) atoms. The van der Waals surface area contributed by atoms with E-state index < -0.39 is 4.92 Å². The van der Waals surface area contributed by atoms with Crippen molar-refractivity contribution < 1.29 is 9.72 Å². The van der Waals surface area contributed by atoms with E-state index in [1.807, 2.05) is 13.8 Å². The highest BCUT2D eigenvalue weighted by Crippen LogP contribution is 2.21. The van der Waals surface area contributed by atoms with Gasteiger partial charge in [-0.3, -0.25) is 14.9 Å². The van der Waals surface area contributed by atoms with E-state index in [0.717, 1.165) is 15.6 Å². The van der Waals surface area contributed by atoms with E-state index in [-0.39, 0.29) is 11.6 Å². The summed E-state index contributed by atoms with van der Waals surface area (Å²) in [4.78, 5) is 27.9. The predicted molar refractivity (Wildman–Crippen MR) is 80.6 cm³/mol. The molecule has 2 rings (SSSR count). The summed E-state index contributed by atoms with van der Waals surface area (Å²) in [6.45, 7) is 5.75. The van der Waals surface area contributed by atoms with Gasteiger partial charge in [-0.25, -0.2) is 4.98 Å². The third-order valence-electron chi connectivity index (χ3n) is 3.16. The van der Waals surface area contributed by atoms with Crippen LogP contribution < -0.4 is 5.32 Å². The summed E-state index contributed by atoms with van der Waals surface area (Å²) in [5, 5.41) is 14.6. The van der Waals surface area contributed by atoms with Crippen LogP contribution in [0.3, 0.4) is 0 Å². The van der Waals surface area contributed by atoms with E-state index >= 15 is 0 Å². The van der Waals surface area contributed by atoms with E-state index in [4.69, 9.17) is 0 Å². The SMILES string of the molecule is Cc1nc(C)c(CNC(=O)c2cccc([N+](=O)[O-])c2C)s1. The molecule has 2 aromatic rings. The number of aromatic nitrogens is 1. The fraction of sp³-hybridized carbons (Fsp3) is 0.286. The van der Waals surface area contributed by atoms with E-state index in [0.29, 0.717) is 17.7 Å². The highest BCUT2D eigenvalue weighted by atomic mass is 32.1. The van der Waals surface area contributed by atoms with Gasteiger partial charge in [0.25, 0.3) is 11.6 Å². The summed E-state index contributed by atoms with van der Waals surface area (Å²) in [6.07, 6.45) is 0. The lowest BCUT2D eigenvalue weighted by Crippen LogP contribution is -2.23. The van der Waals surface area contributed by atoms with Gasteiger partial charge in [0.15, 0.2) is 0 Å². The maximum atomic E-state index is 12.2. The van der Waals surface area contributed by atoms with Gasteiger partial charge in [0.2, 0.25) is 0 Å². The fourth-order valence-corrected chi connectivity index (χ4v) is 2.94. The smallest absolute Gasteiger partial charge is 0.273 e. The van der Waals surface area contributed by atoms with Gasteiger partial charge < -0.3 is 5.32 Å². The van der Waals surface area contributed by atoms with Crippen LogP contribution in [-0.4, -0.2) is 15.8 Å². The van der Waals surface area contributed by atoms with Crippen molar-refractivity contribution in [2.75, 3.05) is 0 Å². The molecular weight excluding hydrogens is 290 g/mol. The molecule has 1 amide bonds. The Kier molecular flexibility index (Phi) is 4.32. The molecule has 0 bridgehead atoms. The Labute approximate surface area is 126 Å². The van der Waals surface area contributed by atoms with Crippen molar-refractivity contribution in [3.8, 4) is 0 Å². The minimum atomic E-state index is -0.483. The number of nitrogens with one attached hydrogen (secondary N) is 1. The lowest BCUT2D eigenvalue weighted by molar-refractivity contribution is -0.385. The van der Waals surface area contributed by atoms with Crippen LogP contribution in [0.2, 0.25) is 0 Å². The van der Waals surface area contributed by atoms with E-state index in [9.17, 15) is 14.9 Å². The van der Waals surface area contributed by atoms with Crippen LogP contribution in [0.1, 0.15) is 31.5 Å². The van der Waals surface area contributed by atoms with Gasteiger partial charge in [0.05, 0.1) is 22.2 Å². The molecule has 0 atom stereocenters. The third-order valence-corrected chi connectivity index (χ3v) is 4.23. The number of nitrogens with zero attached hydrogens (tertiary/aromatic N) is 2. The van der Waals surface area contributed by atoms with Gasteiger partial charge in [0.1, 0.15) is 0 Å². The second-order valence-corrected chi connectivity index (χ2v) is 5.92. The molecule has 110 valence electrons. The first kappa shape index (κ1) is 15.1. The molecule has 0 spiro atoms. The molecule has 7 heteroatoms. The number of carbonyl (C=O) groups excluding carboxylic acids is 1. The van der Waals surface area contributed by atoms with Crippen molar-refractivity contribution in [3.05, 3.63) is 55.0 Å². The molecule has 0 saturated heterocycles. The van der Waals surface area contributed by atoms with Crippen molar-refractivity contribution in [3.63, 3.8) is 0 Å². The van der Waals surface area contributed by atoms with Crippen molar-refractivity contribution >= 4 is 22.9 Å². The normalized spacial score (nSPS) is 10.4. The molecule has 0 fully saturated rings. The molecule has 1 aromatic carbocycles. The largest absolute Gasteiger partial charge is 0.347 e. The Morgan fingerprint density at radius 3 is 2.67 bits per heavy atom. The van der Waals surface area contributed by atoms with Crippen molar-refractivity contribution in [2.24, 2.45) is 0 Å². The summed E-state index contributed by atoms with van der Waals surface area (Å²) in [7, 11) is 0. The molecule has 0 aliphatic rings. The van der Waals surface area contributed by atoms with Crippen molar-refractivity contribution in [1.82, 2.24) is 10.3 Å². The van der Waals surface area contributed by atoms with Crippen LogP contribution in [0, 0.1) is 30.9 Å². The van der Waals surface area contributed by atoms with Crippen LogP contribution in [-0.2, 0) is 6.54 Å². The van der Waals surface area contributed by atoms with E-state index in [2.05, 4.69) is 10.3 Å². The number of amides is 1. The molecule has 1 aromatic heterocycles. The minimum Gasteiger partial charge on any atom is -0.347 e. The summed E-state index contributed by atoms with van der Waals surface area (Å²) >= 11 is 1.53. The molecule has 0 unspecified atom stereocenters. The zero-order valence-electron chi connectivity index (χ0n) is 12.0. The van der Waals surface area contributed by atoms with Crippen LogP contribution in [0.15, 0.2) is 18.2 Å². The number of benzene rings is 1. The van der Waals surface area contributed by atoms with Gasteiger partial charge >= 0.3 is 0 Å². The van der Waals surface area contributed by atoms with Crippen LogP contribution in [0.4, 0.5) is 5.69 Å². The first-order valence-electron chi connectivity index (χ1n) is 6.35. The Hall–Kier alpha value is -2.28. The molecule has 1 N–H and O–H groups in total. The lowest BCUT2D eigenvalue weighted by Gasteiger charge is -2.07. The van der Waals surface area contributed by atoms with Crippen LogP contribution in [0.25, 0.3) is 0 Å². The fourth-order valence-electron chi connectivity index (χ4n) is 2.06. The highest BCUT2D eigenvalue weighted by molar-refractivity contribution is 7.11. The van der Waals surface area contributed by atoms with Gasteiger partial charge in [-0.05, 0) is 26.8 Å². The standard InChI is InChI=1S/C14H15N3O3S/c1-8-11(5-4-6-12(8)17(19)20)14(18)15-7-13-9(2)16-10(3)21-13/h4-6H,7H2,1-3H3,(H,15,18). The van der Waals surface area contributed by atoms with E-state index in [1.165, 1.54) is 23.5 Å². The Morgan fingerprint density at radius 2 is 2.10 bits per heavy atom. The first-order chi connectivity index (χ1) is 9.90. The van der Waals surface area contributed by atoms with Gasteiger partial charge in [-0.2, -0.15) is 0 Å².